The number of ether oxygens (including phenoxy) is 2. The molecule has 1 aliphatic rings. The lowest BCUT2D eigenvalue weighted by molar-refractivity contribution is -0.113. The Morgan fingerprint density at radius 2 is 2.05 bits per heavy atom. The van der Waals surface area contributed by atoms with Gasteiger partial charge in [-0.1, -0.05) is 0 Å². The summed E-state index contributed by atoms with van der Waals surface area (Å²) in [5, 5.41) is 7.81. The highest BCUT2D eigenvalue weighted by Gasteiger charge is 2.23. The molecule has 2 rings (SSSR count). The van der Waals surface area contributed by atoms with E-state index in [4.69, 9.17) is 9.47 Å². The first-order valence-electron chi connectivity index (χ1n) is 6.35. The van der Waals surface area contributed by atoms with Crippen molar-refractivity contribution in [2.45, 2.75) is 13.0 Å². The number of nitrogens with one attached hydrogen (secondary N) is 3. The Kier molecular flexibility index (Phi) is 4.32. The van der Waals surface area contributed by atoms with E-state index in [1.807, 2.05) is 0 Å². The summed E-state index contributed by atoms with van der Waals surface area (Å²) >= 11 is 0. The minimum Gasteiger partial charge on any atom is -0.497 e. The normalized spacial score (nSPS) is 17.2. The van der Waals surface area contributed by atoms with E-state index in [1.165, 1.54) is 13.3 Å². The third kappa shape index (κ3) is 3.25. The molecular formula is C14H17N3O4. The maximum atomic E-state index is 12.2. The van der Waals surface area contributed by atoms with Crippen LogP contribution in [-0.4, -0.2) is 32.2 Å². The minimum absolute atomic E-state index is 0.321. The van der Waals surface area contributed by atoms with Crippen LogP contribution in [0.3, 0.4) is 0 Å². The molecule has 1 heterocycles. The summed E-state index contributed by atoms with van der Waals surface area (Å²) in [6.45, 7) is 1.73. The number of methoxy groups -OCH3 is 2. The second-order valence-electron chi connectivity index (χ2n) is 4.46. The fourth-order valence-electron chi connectivity index (χ4n) is 1.94. The Hall–Kier alpha value is -2.70. The van der Waals surface area contributed by atoms with Gasteiger partial charge in [0, 0.05) is 12.3 Å². The zero-order chi connectivity index (χ0) is 15.4. The maximum Gasteiger partial charge on any atom is 0.319 e. The number of hydrogen-bond donors (Lipinski definition) is 3. The van der Waals surface area contributed by atoms with Crippen LogP contribution in [0.5, 0.6) is 11.5 Å². The predicted molar refractivity (Wildman–Crippen MR) is 77.4 cm³/mol. The molecule has 0 saturated heterocycles. The van der Waals surface area contributed by atoms with Crippen molar-refractivity contribution in [1.82, 2.24) is 10.6 Å². The molecule has 7 heteroatoms. The molecule has 3 N–H and O–H groups in total. The van der Waals surface area contributed by atoms with Crippen molar-refractivity contribution in [1.29, 1.82) is 0 Å². The third-order valence-corrected chi connectivity index (χ3v) is 3.09. The lowest BCUT2D eigenvalue weighted by Gasteiger charge is -2.22. The highest BCUT2D eigenvalue weighted by Crippen LogP contribution is 2.29. The van der Waals surface area contributed by atoms with Crippen molar-refractivity contribution in [2.24, 2.45) is 0 Å². The van der Waals surface area contributed by atoms with E-state index in [2.05, 4.69) is 16.0 Å². The molecule has 0 spiro atoms. The van der Waals surface area contributed by atoms with Crippen molar-refractivity contribution in [3.63, 3.8) is 0 Å². The zero-order valence-electron chi connectivity index (χ0n) is 12.0. The summed E-state index contributed by atoms with van der Waals surface area (Å²) < 4.78 is 10.3. The number of hydrogen-bond acceptors (Lipinski definition) is 4. The standard InChI is InChI=1S/C14H17N3O4/c1-8-10(7-15-14(19)16-8)13(18)17-11-5-4-9(20-2)6-12(11)21-3/h4-8H,1-3H3,(H,17,18)(H2,15,16,19). The average Bonchev–Trinajstić information content (AvgIpc) is 2.47. The van der Waals surface area contributed by atoms with Gasteiger partial charge in [-0.3, -0.25) is 4.79 Å². The Labute approximate surface area is 122 Å². The van der Waals surface area contributed by atoms with Gasteiger partial charge in [0.2, 0.25) is 0 Å². The first-order valence-corrected chi connectivity index (χ1v) is 6.35. The molecule has 0 radical (unpaired) electrons. The van der Waals surface area contributed by atoms with Gasteiger partial charge in [-0.2, -0.15) is 0 Å². The molecule has 1 unspecified atom stereocenters. The molecule has 1 aromatic rings. The molecule has 7 nitrogen and oxygen atoms in total. The Balaban J connectivity index is 2.18. The van der Waals surface area contributed by atoms with Gasteiger partial charge in [-0.05, 0) is 19.1 Å². The maximum absolute atomic E-state index is 12.2. The summed E-state index contributed by atoms with van der Waals surface area (Å²) in [7, 11) is 3.06. The van der Waals surface area contributed by atoms with Gasteiger partial charge in [-0.25, -0.2) is 4.79 Å². The molecule has 0 saturated carbocycles. The Morgan fingerprint density at radius 1 is 1.29 bits per heavy atom. The third-order valence-electron chi connectivity index (χ3n) is 3.09. The summed E-state index contributed by atoms with van der Waals surface area (Å²) in [6, 6.07) is 4.38. The smallest absolute Gasteiger partial charge is 0.319 e. The fourth-order valence-corrected chi connectivity index (χ4v) is 1.94. The van der Waals surface area contributed by atoms with E-state index in [9.17, 15) is 9.59 Å². The molecule has 21 heavy (non-hydrogen) atoms. The summed E-state index contributed by atoms with van der Waals surface area (Å²) in [6.07, 6.45) is 1.40. The molecule has 3 amide bonds. The van der Waals surface area contributed by atoms with Crippen molar-refractivity contribution >= 4 is 17.6 Å². The van der Waals surface area contributed by atoms with E-state index in [0.29, 0.717) is 22.8 Å². The molecule has 1 atom stereocenters. The highest BCUT2D eigenvalue weighted by atomic mass is 16.5. The van der Waals surface area contributed by atoms with Gasteiger partial charge >= 0.3 is 6.03 Å². The number of anilines is 1. The van der Waals surface area contributed by atoms with Crippen LogP contribution in [0, 0.1) is 0 Å². The molecule has 1 aliphatic heterocycles. The lowest BCUT2D eigenvalue weighted by atomic mass is 10.1. The average molecular weight is 291 g/mol. The second kappa shape index (κ2) is 6.17. The highest BCUT2D eigenvalue weighted by molar-refractivity contribution is 6.06. The predicted octanol–water partition coefficient (Wildman–Crippen LogP) is 1.23. The van der Waals surface area contributed by atoms with E-state index >= 15 is 0 Å². The van der Waals surface area contributed by atoms with E-state index in [-0.39, 0.29) is 18.0 Å². The van der Waals surface area contributed by atoms with Gasteiger partial charge in [0.1, 0.15) is 11.5 Å². The number of amides is 3. The number of rotatable bonds is 4. The molecule has 0 bridgehead atoms. The summed E-state index contributed by atoms with van der Waals surface area (Å²) in [4.78, 5) is 23.4. The van der Waals surface area contributed by atoms with Crippen molar-refractivity contribution in [2.75, 3.05) is 19.5 Å². The van der Waals surface area contributed by atoms with Crippen LogP contribution >= 0.6 is 0 Å². The van der Waals surface area contributed by atoms with Gasteiger partial charge in [0.05, 0.1) is 31.5 Å². The molecule has 112 valence electrons. The topological polar surface area (TPSA) is 88.7 Å². The van der Waals surface area contributed by atoms with Gasteiger partial charge < -0.3 is 25.4 Å². The lowest BCUT2D eigenvalue weighted by Crippen LogP contribution is -2.46. The SMILES string of the molecule is COc1ccc(NC(=O)C2=CNC(=O)NC2C)c(OC)c1. The molecular weight excluding hydrogens is 274 g/mol. The number of carbonyl (C=O) groups excluding carboxylic acids is 2. The van der Waals surface area contributed by atoms with Crippen LogP contribution in [0.25, 0.3) is 0 Å². The van der Waals surface area contributed by atoms with Crippen LogP contribution in [0.15, 0.2) is 30.0 Å². The second-order valence-corrected chi connectivity index (χ2v) is 4.46. The van der Waals surface area contributed by atoms with Crippen LogP contribution in [0.1, 0.15) is 6.92 Å². The molecule has 0 aliphatic carbocycles. The van der Waals surface area contributed by atoms with Gasteiger partial charge in [-0.15, -0.1) is 0 Å². The van der Waals surface area contributed by atoms with E-state index in [1.54, 1.807) is 32.2 Å². The molecule has 1 aromatic carbocycles. The van der Waals surface area contributed by atoms with Crippen LogP contribution in [-0.2, 0) is 4.79 Å². The fraction of sp³-hybridized carbons (Fsp3) is 0.286. The number of benzene rings is 1. The van der Waals surface area contributed by atoms with Crippen molar-refractivity contribution < 1.29 is 19.1 Å². The van der Waals surface area contributed by atoms with Gasteiger partial charge in [0.15, 0.2) is 0 Å². The van der Waals surface area contributed by atoms with E-state index in [0.717, 1.165) is 0 Å². The number of urea groups is 1. The Bertz CT molecular complexity index is 598. The molecule has 0 fully saturated rings. The molecule has 0 aromatic heterocycles. The van der Waals surface area contributed by atoms with E-state index < -0.39 is 0 Å². The summed E-state index contributed by atoms with van der Waals surface area (Å²) in [5.74, 6) is 0.797. The van der Waals surface area contributed by atoms with Crippen LogP contribution in [0.2, 0.25) is 0 Å². The van der Waals surface area contributed by atoms with Crippen molar-refractivity contribution in [3.8, 4) is 11.5 Å². The number of carbonyl (C=O) groups is 2. The van der Waals surface area contributed by atoms with Crippen LogP contribution < -0.4 is 25.4 Å². The minimum atomic E-state index is -0.372. The summed E-state index contributed by atoms with van der Waals surface area (Å²) in [5.41, 5.74) is 0.945. The first-order chi connectivity index (χ1) is 10.0. The van der Waals surface area contributed by atoms with Crippen LogP contribution in [0.4, 0.5) is 10.5 Å². The van der Waals surface area contributed by atoms with Gasteiger partial charge in [0.25, 0.3) is 5.91 Å². The largest absolute Gasteiger partial charge is 0.497 e. The first kappa shape index (κ1) is 14.7. The zero-order valence-corrected chi connectivity index (χ0v) is 12.0. The quantitative estimate of drug-likeness (QED) is 0.778. The monoisotopic (exact) mass is 291 g/mol. The van der Waals surface area contributed by atoms with Crippen molar-refractivity contribution in [3.05, 3.63) is 30.0 Å². The Morgan fingerprint density at radius 3 is 2.67 bits per heavy atom.